The molecular formula is C18H21N2O2+. The van der Waals surface area contributed by atoms with Crippen LogP contribution in [0, 0.1) is 0 Å². The highest BCUT2D eigenvalue weighted by Gasteiger charge is 2.22. The van der Waals surface area contributed by atoms with E-state index in [4.69, 9.17) is 4.74 Å². The summed E-state index contributed by atoms with van der Waals surface area (Å²) in [6.07, 6.45) is 0. The summed E-state index contributed by atoms with van der Waals surface area (Å²) in [5.41, 5.74) is 0.688. The summed E-state index contributed by atoms with van der Waals surface area (Å²) in [7, 11) is 2.16. The summed E-state index contributed by atoms with van der Waals surface area (Å²) < 4.78 is 5.80. The van der Waals surface area contributed by atoms with E-state index in [1.807, 2.05) is 59.5 Å². The third-order valence-corrected chi connectivity index (χ3v) is 3.96. The van der Waals surface area contributed by atoms with Crippen LogP contribution < -0.4 is 9.64 Å². The zero-order valence-corrected chi connectivity index (χ0v) is 12.8. The number of nitrogens with one attached hydrogen (secondary N) is 1. The molecule has 1 fully saturated rings. The molecule has 0 saturated carbocycles. The highest BCUT2D eigenvalue weighted by Crippen LogP contribution is 2.22. The lowest BCUT2D eigenvalue weighted by atomic mass is 10.1. The van der Waals surface area contributed by atoms with Crippen molar-refractivity contribution in [3.05, 3.63) is 60.2 Å². The first-order chi connectivity index (χ1) is 10.7. The van der Waals surface area contributed by atoms with Gasteiger partial charge in [0.1, 0.15) is 11.5 Å². The number of piperazine rings is 1. The number of ether oxygens (including phenoxy) is 1. The monoisotopic (exact) mass is 297 g/mol. The fourth-order valence-corrected chi connectivity index (χ4v) is 2.59. The minimum Gasteiger partial charge on any atom is -0.457 e. The normalized spacial score (nSPS) is 15.6. The first-order valence-corrected chi connectivity index (χ1v) is 7.66. The number of carbonyl (C=O) groups is 1. The number of benzene rings is 2. The minimum atomic E-state index is 0.0889. The molecule has 1 N–H and O–H groups in total. The second-order valence-corrected chi connectivity index (χ2v) is 5.69. The Hall–Kier alpha value is -2.33. The number of amides is 1. The predicted octanol–water partition coefficient (Wildman–Crippen LogP) is 1.45. The van der Waals surface area contributed by atoms with Gasteiger partial charge in [-0.05, 0) is 30.3 Å². The highest BCUT2D eigenvalue weighted by atomic mass is 16.5. The molecule has 1 aliphatic heterocycles. The number of hydrogen-bond acceptors (Lipinski definition) is 2. The summed E-state index contributed by atoms with van der Waals surface area (Å²) in [6.45, 7) is 3.64. The van der Waals surface area contributed by atoms with Crippen molar-refractivity contribution < 1.29 is 14.4 Å². The van der Waals surface area contributed by atoms with E-state index in [1.165, 1.54) is 4.90 Å². The zero-order chi connectivity index (χ0) is 15.4. The molecule has 1 heterocycles. The average Bonchev–Trinajstić information content (AvgIpc) is 2.56. The van der Waals surface area contributed by atoms with Gasteiger partial charge in [-0.15, -0.1) is 0 Å². The molecule has 1 amide bonds. The summed E-state index contributed by atoms with van der Waals surface area (Å²) in [6, 6.07) is 17.0. The van der Waals surface area contributed by atoms with Crippen molar-refractivity contribution >= 4 is 5.91 Å². The van der Waals surface area contributed by atoms with E-state index in [9.17, 15) is 4.79 Å². The van der Waals surface area contributed by atoms with Crippen LogP contribution in [0.5, 0.6) is 11.5 Å². The Bertz CT molecular complexity index is 635. The Labute approximate surface area is 130 Å². The number of likely N-dealkylation sites (N-methyl/N-ethyl adjacent to an activating group) is 1. The predicted molar refractivity (Wildman–Crippen MR) is 85.5 cm³/mol. The van der Waals surface area contributed by atoms with E-state index in [0.717, 1.165) is 31.9 Å². The van der Waals surface area contributed by atoms with Gasteiger partial charge in [-0.25, -0.2) is 0 Å². The van der Waals surface area contributed by atoms with Gasteiger partial charge >= 0.3 is 0 Å². The molecule has 0 atom stereocenters. The van der Waals surface area contributed by atoms with Gasteiger partial charge in [0.05, 0.1) is 33.2 Å². The van der Waals surface area contributed by atoms with E-state index >= 15 is 0 Å². The van der Waals surface area contributed by atoms with Crippen LogP contribution >= 0.6 is 0 Å². The van der Waals surface area contributed by atoms with Gasteiger partial charge in [0.2, 0.25) is 0 Å². The number of para-hydroxylation sites is 1. The highest BCUT2D eigenvalue weighted by molar-refractivity contribution is 5.94. The lowest BCUT2D eigenvalue weighted by Gasteiger charge is -2.30. The summed E-state index contributed by atoms with van der Waals surface area (Å²) in [5.74, 6) is 1.55. The Balaban J connectivity index is 1.72. The maximum absolute atomic E-state index is 12.6. The van der Waals surface area contributed by atoms with Crippen molar-refractivity contribution in [3.8, 4) is 11.5 Å². The van der Waals surface area contributed by atoms with Crippen LogP contribution in [0.2, 0.25) is 0 Å². The summed E-state index contributed by atoms with van der Waals surface area (Å²) in [5, 5.41) is 0. The number of hydrogen-bond donors (Lipinski definition) is 1. The lowest BCUT2D eigenvalue weighted by Crippen LogP contribution is -3.12. The van der Waals surface area contributed by atoms with Gasteiger partial charge in [0, 0.05) is 5.56 Å². The Morgan fingerprint density at radius 2 is 1.68 bits per heavy atom. The quantitative estimate of drug-likeness (QED) is 0.930. The largest absolute Gasteiger partial charge is 0.457 e. The topological polar surface area (TPSA) is 34.0 Å². The second kappa shape index (κ2) is 6.62. The molecule has 1 saturated heterocycles. The van der Waals surface area contributed by atoms with Gasteiger partial charge in [-0.1, -0.05) is 24.3 Å². The molecule has 2 aromatic carbocycles. The van der Waals surface area contributed by atoms with Crippen LogP contribution in [-0.4, -0.2) is 44.0 Å². The van der Waals surface area contributed by atoms with E-state index < -0.39 is 0 Å². The molecule has 0 aliphatic carbocycles. The molecule has 22 heavy (non-hydrogen) atoms. The Morgan fingerprint density at radius 1 is 1.00 bits per heavy atom. The maximum atomic E-state index is 12.6. The van der Waals surface area contributed by atoms with Crippen molar-refractivity contribution in [1.82, 2.24) is 4.90 Å². The molecule has 114 valence electrons. The first-order valence-electron chi connectivity index (χ1n) is 7.66. The third kappa shape index (κ3) is 3.46. The van der Waals surface area contributed by atoms with Crippen LogP contribution in [0.4, 0.5) is 0 Å². The summed E-state index contributed by atoms with van der Waals surface area (Å²) >= 11 is 0. The Kier molecular flexibility index (Phi) is 4.39. The van der Waals surface area contributed by atoms with E-state index in [0.29, 0.717) is 11.3 Å². The molecule has 1 aliphatic rings. The summed E-state index contributed by atoms with van der Waals surface area (Å²) in [4.78, 5) is 16.0. The van der Waals surface area contributed by atoms with Gasteiger partial charge in [0.25, 0.3) is 5.91 Å². The zero-order valence-electron chi connectivity index (χ0n) is 12.8. The van der Waals surface area contributed by atoms with Gasteiger partial charge in [-0.3, -0.25) is 4.79 Å². The molecule has 0 radical (unpaired) electrons. The average molecular weight is 297 g/mol. The Morgan fingerprint density at radius 3 is 2.41 bits per heavy atom. The van der Waals surface area contributed by atoms with Gasteiger partial charge in [0.15, 0.2) is 0 Å². The van der Waals surface area contributed by atoms with Crippen molar-refractivity contribution in [2.75, 3.05) is 33.2 Å². The standard InChI is InChI=1S/C18H20N2O2/c1-19-10-12-20(13-11-19)18(21)15-6-5-9-17(14-15)22-16-7-3-2-4-8-16/h2-9,14H,10-13H2,1H3/p+1. The van der Waals surface area contributed by atoms with Crippen LogP contribution in [0.3, 0.4) is 0 Å². The molecule has 4 nitrogen and oxygen atoms in total. The number of nitrogens with zero attached hydrogens (tertiary/aromatic N) is 1. The molecule has 0 bridgehead atoms. The van der Waals surface area contributed by atoms with Gasteiger partial charge < -0.3 is 14.5 Å². The first kappa shape index (κ1) is 14.6. The van der Waals surface area contributed by atoms with Crippen LogP contribution in [0.1, 0.15) is 10.4 Å². The fourth-order valence-electron chi connectivity index (χ4n) is 2.59. The van der Waals surface area contributed by atoms with E-state index in [2.05, 4.69) is 7.05 Å². The lowest BCUT2D eigenvalue weighted by molar-refractivity contribution is -0.883. The van der Waals surface area contributed by atoms with Gasteiger partial charge in [-0.2, -0.15) is 0 Å². The molecule has 4 heteroatoms. The van der Waals surface area contributed by atoms with E-state index in [-0.39, 0.29) is 5.91 Å². The van der Waals surface area contributed by atoms with E-state index in [1.54, 1.807) is 0 Å². The minimum absolute atomic E-state index is 0.0889. The van der Waals surface area contributed by atoms with Crippen LogP contribution in [-0.2, 0) is 0 Å². The molecule has 2 aromatic rings. The van der Waals surface area contributed by atoms with Crippen molar-refractivity contribution in [1.29, 1.82) is 0 Å². The number of carbonyl (C=O) groups excluding carboxylic acids is 1. The molecular weight excluding hydrogens is 276 g/mol. The molecule has 0 aromatic heterocycles. The second-order valence-electron chi connectivity index (χ2n) is 5.69. The smallest absolute Gasteiger partial charge is 0.254 e. The van der Waals surface area contributed by atoms with Crippen molar-refractivity contribution in [2.24, 2.45) is 0 Å². The third-order valence-electron chi connectivity index (χ3n) is 3.96. The van der Waals surface area contributed by atoms with Crippen molar-refractivity contribution in [2.45, 2.75) is 0 Å². The van der Waals surface area contributed by atoms with Crippen LogP contribution in [0.15, 0.2) is 54.6 Å². The molecule has 3 rings (SSSR count). The number of quaternary nitrogens is 1. The maximum Gasteiger partial charge on any atom is 0.254 e. The molecule has 0 unspecified atom stereocenters. The fraction of sp³-hybridized carbons (Fsp3) is 0.278. The SMILES string of the molecule is C[NH+]1CCN(C(=O)c2cccc(Oc3ccccc3)c2)CC1. The van der Waals surface area contributed by atoms with Crippen molar-refractivity contribution in [3.63, 3.8) is 0 Å². The molecule has 0 spiro atoms. The number of rotatable bonds is 3. The van der Waals surface area contributed by atoms with Crippen LogP contribution in [0.25, 0.3) is 0 Å².